The van der Waals surface area contributed by atoms with E-state index in [4.69, 9.17) is 14.2 Å². The number of fused-ring (bicyclic) bond motifs is 2. The van der Waals surface area contributed by atoms with Crippen LogP contribution in [0.5, 0.6) is 11.5 Å². The number of hydrogen-bond donors (Lipinski definition) is 0. The van der Waals surface area contributed by atoms with E-state index in [0.717, 1.165) is 5.56 Å². The molecule has 1 saturated carbocycles. The third kappa shape index (κ3) is 3.99. The number of ether oxygens (including phenoxy) is 3. The third-order valence-electron chi connectivity index (χ3n) is 6.24. The second-order valence-corrected chi connectivity index (χ2v) is 8.73. The van der Waals surface area contributed by atoms with Crippen molar-refractivity contribution >= 4 is 5.91 Å². The molecule has 2 atom stereocenters. The molecule has 1 amide bonds. The maximum absolute atomic E-state index is 14.9. The molecule has 31 heavy (non-hydrogen) atoms. The maximum Gasteiger partial charge on any atom is 0.261 e. The van der Waals surface area contributed by atoms with Crippen LogP contribution in [0.25, 0.3) is 0 Å². The average molecular weight is 429 g/mol. The van der Waals surface area contributed by atoms with Crippen LogP contribution in [0, 0.1) is 12.7 Å². The fourth-order valence-electron chi connectivity index (χ4n) is 4.19. The minimum Gasteiger partial charge on any atom is -0.490 e. The van der Waals surface area contributed by atoms with Crippen LogP contribution < -0.4 is 9.47 Å². The van der Waals surface area contributed by atoms with E-state index < -0.39 is 11.5 Å². The van der Waals surface area contributed by atoms with Crippen molar-refractivity contribution in [1.82, 2.24) is 4.90 Å². The van der Waals surface area contributed by atoms with Gasteiger partial charge >= 0.3 is 0 Å². The fourth-order valence-corrected chi connectivity index (χ4v) is 4.19. The molecule has 0 bridgehead atoms. The zero-order chi connectivity index (χ0) is 21.6. The topological polar surface area (TPSA) is 48.0 Å². The van der Waals surface area contributed by atoms with E-state index in [1.807, 2.05) is 30.3 Å². The van der Waals surface area contributed by atoms with Gasteiger partial charge in [-0.25, -0.2) is 8.78 Å². The highest BCUT2D eigenvalue weighted by Gasteiger charge is 2.46. The lowest BCUT2D eigenvalue weighted by molar-refractivity contribution is 0.0435. The summed E-state index contributed by atoms with van der Waals surface area (Å²) in [5.41, 5.74) is -0.0227. The van der Waals surface area contributed by atoms with Crippen molar-refractivity contribution < 1.29 is 27.8 Å². The first-order valence-electron chi connectivity index (χ1n) is 10.7. The molecule has 5 nitrogen and oxygen atoms in total. The first-order chi connectivity index (χ1) is 14.9. The monoisotopic (exact) mass is 429 g/mol. The van der Waals surface area contributed by atoms with E-state index >= 15 is 0 Å². The smallest absolute Gasteiger partial charge is 0.261 e. The number of carbonyl (C=O) groups excluding carboxylic acids is 1. The van der Waals surface area contributed by atoms with E-state index in [1.165, 1.54) is 6.07 Å². The van der Waals surface area contributed by atoms with Gasteiger partial charge in [-0.05, 0) is 43.4 Å². The average Bonchev–Trinajstić information content (AvgIpc) is 3.39. The number of alkyl halides is 1. The SMILES string of the molecule is Cc1cc2c(c(OCC3(F)CC3)c1F)C(=O)N1C[C@@H](OCc3ccccc3)C[C@@H]1CO2. The summed E-state index contributed by atoms with van der Waals surface area (Å²) in [5, 5.41) is 0. The summed E-state index contributed by atoms with van der Waals surface area (Å²) in [7, 11) is 0. The summed E-state index contributed by atoms with van der Waals surface area (Å²) in [6, 6.07) is 11.2. The van der Waals surface area contributed by atoms with Gasteiger partial charge in [0, 0.05) is 6.54 Å². The van der Waals surface area contributed by atoms with Gasteiger partial charge in [-0.2, -0.15) is 0 Å². The van der Waals surface area contributed by atoms with Crippen molar-refractivity contribution in [3.63, 3.8) is 0 Å². The Morgan fingerprint density at radius 3 is 2.77 bits per heavy atom. The van der Waals surface area contributed by atoms with E-state index in [0.29, 0.717) is 50.3 Å². The summed E-state index contributed by atoms with van der Waals surface area (Å²) in [6.45, 7) is 2.46. The Morgan fingerprint density at radius 2 is 2.03 bits per heavy atom. The lowest BCUT2D eigenvalue weighted by Crippen LogP contribution is -2.37. The van der Waals surface area contributed by atoms with Crippen molar-refractivity contribution in [2.45, 2.75) is 50.6 Å². The lowest BCUT2D eigenvalue weighted by atomic mass is 10.1. The molecule has 164 valence electrons. The van der Waals surface area contributed by atoms with Crippen LogP contribution in [-0.4, -0.2) is 48.4 Å². The summed E-state index contributed by atoms with van der Waals surface area (Å²) < 4.78 is 46.5. The number of halogens is 2. The highest BCUT2D eigenvalue weighted by molar-refractivity contribution is 6.00. The Balaban J connectivity index is 1.36. The van der Waals surface area contributed by atoms with Gasteiger partial charge in [0.2, 0.25) is 0 Å². The predicted octanol–water partition coefficient (Wildman–Crippen LogP) is 4.21. The van der Waals surface area contributed by atoms with Gasteiger partial charge in [-0.3, -0.25) is 4.79 Å². The molecular weight excluding hydrogens is 404 g/mol. The van der Waals surface area contributed by atoms with Crippen molar-refractivity contribution in [1.29, 1.82) is 0 Å². The zero-order valence-electron chi connectivity index (χ0n) is 17.4. The second-order valence-electron chi connectivity index (χ2n) is 8.73. The van der Waals surface area contributed by atoms with Gasteiger partial charge < -0.3 is 19.1 Å². The van der Waals surface area contributed by atoms with Crippen LogP contribution in [0.3, 0.4) is 0 Å². The van der Waals surface area contributed by atoms with Gasteiger partial charge in [-0.15, -0.1) is 0 Å². The Morgan fingerprint density at radius 1 is 1.26 bits per heavy atom. The van der Waals surface area contributed by atoms with Gasteiger partial charge in [-0.1, -0.05) is 30.3 Å². The third-order valence-corrected chi connectivity index (χ3v) is 6.24. The van der Waals surface area contributed by atoms with Crippen LogP contribution in [-0.2, 0) is 11.3 Å². The molecule has 3 aliphatic rings. The molecule has 5 rings (SSSR count). The molecule has 2 aromatic rings. The van der Waals surface area contributed by atoms with Gasteiger partial charge in [0.05, 0.1) is 18.8 Å². The molecule has 0 spiro atoms. The van der Waals surface area contributed by atoms with E-state index in [9.17, 15) is 13.6 Å². The molecule has 0 aromatic heterocycles. The molecule has 2 aromatic carbocycles. The highest BCUT2D eigenvalue weighted by atomic mass is 19.1. The molecule has 0 radical (unpaired) electrons. The molecule has 7 heteroatoms. The summed E-state index contributed by atoms with van der Waals surface area (Å²) in [5.74, 6) is -0.924. The molecule has 2 aliphatic heterocycles. The highest BCUT2D eigenvalue weighted by Crippen LogP contribution is 2.43. The largest absolute Gasteiger partial charge is 0.490 e. The summed E-state index contributed by atoms with van der Waals surface area (Å²) in [4.78, 5) is 15.1. The van der Waals surface area contributed by atoms with Gasteiger partial charge in [0.15, 0.2) is 11.6 Å². The quantitative estimate of drug-likeness (QED) is 0.690. The minimum absolute atomic E-state index is 0.0403. The van der Waals surface area contributed by atoms with Gasteiger partial charge in [0.25, 0.3) is 5.91 Å². The van der Waals surface area contributed by atoms with Gasteiger partial charge in [0.1, 0.15) is 30.2 Å². The number of aryl methyl sites for hydroxylation is 1. The van der Waals surface area contributed by atoms with Crippen molar-refractivity contribution in [2.24, 2.45) is 0 Å². The molecule has 2 heterocycles. The Hall–Kier alpha value is -2.67. The fraction of sp³-hybridized carbons (Fsp3) is 0.458. The Kier molecular flexibility index (Phi) is 5.08. The van der Waals surface area contributed by atoms with E-state index in [-0.39, 0.29) is 36.0 Å². The normalized spacial score (nSPS) is 23.6. The van der Waals surface area contributed by atoms with Crippen LogP contribution in [0.1, 0.15) is 40.7 Å². The number of amides is 1. The molecule has 0 N–H and O–H groups in total. The first kappa shape index (κ1) is 20.2. The molecule has 1 saturated heterocycles. The Labute approximate surface area is 179 Å². The first-order valence-corrected chi connectivity index (χ1v) is 10.7. The van der Waals surface area contributed by atoms with Crippen molar-refractivity contribution in [3.05, 3.63) is 58.9 Å². The molecule has 1 aliphatic carbocycles. The van der Waals surface area contributed by atoms with Crippen LogP contribution in [0.15, 0.2) is 36.4 Å². The van der Waals surface area contributed by atoms with Crippen molar-refractivity contribution in [2.75, 3.05) is 19.8 Å². The van der Waals surface area contributed by atoms with E-state index in [1.54, 1.807) is 11.8 Å². The number of rotatable bonds is 6. The summed E-state index contributed by atoms with van der Waals surface area (Å²) >= 11 is 0. The minimum atomic E-state index is -1.43. The van der Waals surface area contributed by atoms with E-state index in [2.05, 4.69) is 0 Å². The lowest BCUT2D eigenvalue weighted by Gasteiger charge is -2.22. The van der Waals surface area contributed by atoms with Crippen LogP contribution >= 0.6 is 0 Å². The summed E-state index contributed by atoms with van der Waals surface area (Å²) in [6.07, 6.45) is 1.28. The number of carbonyl (C=O) groups is 1. The Bertz CT molecular complexity index is 993. The molecule has 2 fully saturated rings. The molecule has 0 unspecified atom stereocenters. The van der Waals surface area contributed by atoms with Crippen LogP contribution in [0.4, 0.5) is 8.78 Å². The number of benzene rings is 2. The zero-order valence-corrected chi connectivity index (χ0v) is 17.4. The standard InChI is InChI=1S/C24H25F2NO4/c1-15-9-19-20(22(21(15)25)31-14-24(26)7-8-24)23(28)27-11-18(10-17(27)13-30-19)29-12-16-5-3-2-4-6-16/h2-6,9,17-18H,7-8,10-14H2,1H3/t17-,18+/m1/s1. The van der Waals surface area contributed by atoms with Crippen LogP contribution in [0.2, 0.25) is 0 Å². The number of nitrogens with zero attached hydrogens (tertiary/aromatic N) is 1. The van der Waals surface area contributed by atoms with Crippen molar-refractivity contribution in [3.8, 4) is 11.5 Å². The molecular formula is C24H25F2NO4. The maximum atomic E-state index is 14.9. The second kappa shape index (κ2) is 7.79. The number of hydrogen-bond acceptors (Lipinski definition) is 4. The predicted molar refractivity (Wildman–Crippen MR) is 110 cm³/mol.